The first-order valence-corrected chi connectivity index (χ1v) is 7.84. The van der Waals surface area contributed by atoms with E-state index < -0.39 is 12.1 Å². The summed E-state index contributed by atoms with van der Waals surface area (Å²) in [5.74, 6) is -1.09. The van der Waals surface area contributed by atoms with E-state index in [-0.39, 0.29) is 18.3 Å². The van der Waals surface area contributed by atoms with Crippen LogP contribution in [0.4, 0.5) is 10.1 Å². The molecular formula is C17H19FN2O4. The third kappa shape index (κ3) is 3.56. The molecule has 24 heavy (non-hydrogen) atoms. The third-order valence-electron chi connectivity index (χ3n) is 3.99. The van der Waals surface area contributed by atoms with E-state index in [1.807, 2.05) is 4.90 Å². The lowest BCUT2D eigenvalue weighted by molar-refractivity contribution is -0.138. The molecule has 1 fully saturated rings. The van der Waals surface area contributed by atoms with Crippen LogP contribution in [0.15, 0.2) is 24.3 Å². The number of halogens is 1. The molecule has 0 unspecified atom stereocenters. The van der Waals surface area contributed by atoms with Gasteiger partial charge in [0.2, 0.25) is 5.91 Å². The van der Waals surface area contributed by atoms with Gasteiger partial charge in [0, 0.05) is 20.0 Å². The largest absolute Gasteiger partial charge is 0.453 e. The standard InChI is InChI=1S/C17H19FN2O4/c1-11(21)19-10-13-9-14(17(22)24-13)12-2-3-16(15(18)8-12)20-4-6-23-7-5-20/h2-3,8-9,13H,4-7,10H2,1H3,(H,19,21)/t13-/m1/s1. The van der Waals surface area contributed by atoms with Crippen molar-refractivity contribution in [1.29, 1.82) is 0 Å². The van der Waals surface area contributed by atoms with Gasteiger partial charge in [-0.3, -0.25) is 4.79 Å². The van der Waals surface area contributed by atoms with Gasteiger partial charge in [-0.2, -0.15) is 0 Å². The maximum atomic E-state index is 14.4. The molecule has 0 spiro atoms. The number of hydrogen-bond donors (Lipinski definition) is 1. The molecule has 2 aliphatic heterocycles. The second-order valence-electron chi connectivity index (χ2n) is 5.73. The Kier molecular flexibility index (Phi) is 4.80. The number of ether oxygens (including phenoxy) is 2. The van der Waals surface area contributed by atoms with Gasteiger partial charge >= 0.3 is 5.97 Å². The number of amides is 1. The van der Waals surface area contributed by atoms with E-state index >= 15 is 0 Å². The molecule has 2 heterocycles. The number of hydrogen-bond acceptors (Lipinski definition) is 5. The molecule has 0 aliphatic carbocycles. The Labute approximate surface area is 139 Å². The van der Waals surface area contributed by atoms with Crippen LogP contribution in [-0.2, 0) is 19.1 Å². The molecule has 0 saturated carbocycles. The molecular weight excluding hydrogens is 315 g/mol. The summed E-state index contributed by atoms with van der Waals surface area (Å²) < 4.78 is 24.9. The molecule has 128 valence electrons. The first-order valence-electron chi connectivity index (χ1n) is 7.84. The topological polar surface area (TPSA) is 67.9 Å². The Morgan fingerprint density at radius 2 is 2.12 bits per heavy atom. The molecule has 2 aliphatic rings. The minimum atomic E-state index is -0.529. The minimum Gasteiger partial charge on any atom is -0.453 e. The Hall–Kier alpha value is -2.41. The van der Waals surface area contributed by atoms with Crippen LogP contribution in [0.3, 0.4) is 0 Å². The highest BCUT2D eigenvalue weighted by atomic mass is 19.1. The number of esters is 1. The smallest absolute Gasteiger partial charge is 0.339 e. The number of carbonyl (C=O) groups excluding carboxylic acids is 2. The van der Waals surface area contributed by atoms with Gasteiger partial charge in [0.1, 0.15) is 11.9 Å². The maximum Gasteiger partial charge on any atom is 0.339 e. The summed E-state index contributed by atoms with van der Waals surface area (Å²) in [6.45, 7) is 4.02. The summed E-state index contributed by atoms with van der Waals surface area (Å²) in [6, 6.07) is 4.73. The molecule has 1 saturated heterocycles. The van der Waals surface area contributed by atoms with Crippen LogP contribution in [0.2, 0.25) is 0 Å². The Balaban J connectivity index is 1.76. The van der Waals surface area contributed by atoms with Crippen molar-refractivity contribution < 1.29 is 23.5 Å². The van der Waals surface area contributed by atoms with Gasteiger partial charge in [-0.25, -0.2) is 9.18 Å². The van der Waals surface area contributed by atoms with Crippen molar-refractivity contribution in [2.24, 2.45) is 0 Å². The monoisotopic (exact) mass is 334 g/mol. The lowest BCUT2D eigenvalue weighted by Crippen LogP contribution is -2.36. The average molecular weight is 334 g/mol. The highest BCUT2D eigenvalue weighted by Crippen LogP contribution is 2.28. The minimum absolute atomic E-state index is 0.200. The van der Waals surface area contributed by atoms with E-state index in [1.165, 1.54) is 13.0 Å². The van der Waals surface area contributed by atoms with Crippen LogP contribution < -0.4 is 10.2 Å². The van der Waals surface area contributed by atoms with Crippen LogP contribution in [0.25, 0.3) is 5.57 Å². The zero-order chi connectivity index (χ0) is 17.1. The molecule has 1 amide bonds. The molecule has 1 atom stereocenters. The van der Waals surface area contributed by atoms with Gasteiger partial charge in [0.05, 0.1) is 31.0 Å². The second-order valence-corrected chi connectivity index (χ2v) is 5.73. The summed E-state index contributed by atoms with van der Waals surface area (Å²) in [5, 5.41) is 2.59. The lowest BCUT2D eigenvalue weighted by atomic mass is 10.0. The van der Waals surface area contributed by atoms with Gasteiger partial charge in [-0.15, -0.1) is 0 Å². The van der Waals surface area contributed by atoms with E-state index in [1.54, 1.807) is 18.2 Å². The molecule has 1 N–H and O–H groups in total. The Bertz CT molecular complexity index is 683. The van der Waals surface area contributed by atoms with Crippen molar-refractivity contribution in [1.82, 2.24) is 5.32 Å². The lowest BCUT2D eigenvalue weighted by Gasteiger charge is -2.29. The van der Waals surface area contributed by atoms with Gasteiger partial charge in [0.15, 0.2) is 0 Å². The van der Waals surface area contributed by atoms with Crippen molar-refractivity contribution in [3.05, 3.63) is 35.7 Å². The number of benzene rings is 1. The van der Waals surface area contributed by atoms with Crippen LogP contribution in [-0.4, -0.2) is 50.8 Å². The van der Waals surface area contributed by atoms with Gasteiger partial charge in [0.25, 0.3) is 0 Å². The normalized spacial score (nSPS) is 20.6. The molecule has 3 rings (SSSR count). The van der Waals surface area contributed by atoms with Gasteiger partial charge in [-0.05, 0) is 23.8 Å². The van der Waals surface area contributed by atoms with E-state index in [0.717, 1.165) is 0 Å². The maximum absolute atomic E-state index is 14.4. The van der Waals surface area contributed by atoms with Crippen molar-refractivity contribution in [3.8, 4) is 0 Å². The SMILES string of the molecule is CC(=O)NC[C@H]1C=C(c2ccc(N3CCOCC3)c(F)c2)C(=O)O1. The van der Waals surface area contributed by atoms with E-state index in [4.69, 9.17) is 9.47 Å². The van der Waals surface area contributed by atoms with Crippen LogP contribution in [0.1, 0.15) is 12.5 Å². The van der Waals surface area contributed by atoms with Crippen molar-refractivity contribution >= 4 is 23.1 Å². The van der Waals surface area contributed by atoms with Gasteiger partial charge < -0.3 is 19.7 Å². The van der Waals surface area contributed by atoms with Crippen LogP contribution in [0, 0.1) is 5.82 Å². The summed E-state index contributed by atoms with van der Waals surface area (Å²) >= 11 is 0. The first-order chi connectivity index (χ1) is 11.5. The highest BCUT2D eigenvalue weighted by molar-refractivity contribution is 6.18. The number of rotatable bonds is 4. The van der Waals surface area contributed by atoms with Crippen molar-refractivity contribution in [3.63, 3.8) is 0 Å². The number of nitrogens with one attached hydrogen (secondary N) is 1. The van der Waals surface area contributed by atoms with E-state index in [0.29, 0.717) is 43.1 Å². The van der Waals surface area contributed by atoms with Crippen molar-refractivity contribution in [2.75, 3.05) is 37.7 Å². The fraction of sp³-hybridized carbons (Fsp3) is 0.412. The van der Waals surface area contributed by atoms with Gasteiger partial charge in [-0.1, -0.05) is 6.07 Å². The quantitative estimate of drug-likeness (QED) is 0.836. The number of cyclic esters (lactones) is 1. The number of nitrogens with zero attached hydrogens (tertiary/aromatic N) is 1. The second kappa shape index (κ2) is 7.00. The average Bonchev–Trinajstić information content (AvgIpc) is 2.94. The summed E-state index contributed by atoms with van der Waals surface area (Å²) in [4.78, 5) is 24.8. The highest BCUT2D eigenvalue weighted by Gasteiger charge is 2.27. The Morgan fingerprint density at radius 1 is 1.38 bits per heavy atom. The summed E-state index contributed by atoms with van der Waals surface area (Å²) in [6.07, 6.45) is 1.08. The number of morpholine rings is 1. The van der Waals surface area contributed by atoms with Crippen LogP contribution in [0.5, 0.6) is 0 Å². The number of anilines is 1. The molecule has 1 aromatic rings. The molecule has 0 aromatic heterocycles. The predicted octanol–water partition coefficient (Wildman–Crippen LogP) is 1.11. The zero-order valence-corrected chi connectivity index (χ0v) is 13.4. The molecule has 1 aromatic carbocycles. The zero-order valence-electron chi connectivity index (χ0n) is 13.4. The molecule has 6 nitrogen and oxygen atoms in total. The fourth-order valence-corrected chi connectivity index (χ4v) is 2.78. The fourth-order valence-electron chi connectivity index (χ4n) is 2.78. The van der Waals surface area contributed by atoms with E-state index in [9.17, 15) is 14.0 Å². The molecule has 0 radical (unpaired) electrons. The predicted molar refractivity (Wildman–Crippen MR) is 86.0 cm³/mol. The van der Waals surface area contributed by atoms with Crippen LogP contribution >= 0.6 is 0 Å². The van der Waals surface area contributed by atoms with E-state index in [2.05, 4.69) is 5.32 Å². The summed E-state index contributed by atoms with van der Waals surface area (Å²) in [7, 11) is 0. The number of carbonyl (C=O) groups is 2. The third-order valence-corrected chi connectivity index (χ3v) is 3.99. The molecule has 0 bridgehead atoms. The van der Waals surface area contributed by atoms with Crippen molar-refractivity contribution in [2.45, 2.75) is 13.0 Å². The summed E-state index contributed by atoms with van der Waals surface area (Å²) in [5.41, 5.74) is 1.29. The first kappa shape index (κ1) is 16.4. The molecule has 7 heteroatoms. The Morgan fingerprint density at radius 3 is 2.79 bits per heavy atom.